The number of rotatable bonds is 4. The van der Waals surface area contributed by atoms with Crippen molar-refractivity contribution in [3.8, 4) is 0 Å². The summed E-state index contributed by atoms with van der Waals surface area (Å²) in [6, 6.07) is 4.83. The fourth-order valence-corrected chi connectivity index (χ4v) is 2.76. The molecule has 0 aromatic carbocycles. The minimum atomic E-state index is -0.524. The molecule has 7 nitrogen and oxygen atoms in total. The molecule has 1 aliphatic carbocycles. The van der Waals surface area contributed by atoms with Crippen LogP contribution in [-0.2, 0) is 14.1 Å². The van der Waals surface area contributed by atoms with E-state index in [2.05, 4.69) is 10.3 Å². The normalized spacial score (nSPS) is 15.1. The van der Waals surface area contributed by atoms with E-state index < -0.39 is 17.2 Å². The Balaban J connectivity index is 1.93. The SMILES string of the molecule is Cc1ccnc(C(NC(=O)c2cc(=O)n(C)c(=O)n2C)C2CC2)c1. The number of nitrogens with one attached hydrogen (secondary N) is 1. The summed E-state index contributed by atoms with van der Waals surface area (Å²) in [5.74, 6) is -0.0978. The van der Waals surface area contributed by atoms with Gasteiger partial charge in [-0.05, 0) is 43.4 Å². The lowest BCUT2D eigenvalue weighted by atomic mass is 10.1. The van der Waals surface area contributed by atoms with Crippen LogP contribution in [0.2, 0.25) is 0 Å². The topological polar surface area (TPSA) is 86.0 Å². The highest BCUT2D eigenvalue weighted by Crippen LogP contribution is 2.40. The maximum Gasteiger partial charge on any atom is 0.331 e. The number of carbonyl (C=O) groups is 1. The van der Waals surface area contributed by atoms with Crippen LogP contribution in [0.5, 0.6) is 0 Å². The number of nitrogens with zero attached hydrogens (tertiary/aromatic N) is 3. The molecule has 1 atom stereocenters. The van der Waals surface area contributed by atoms with E-state index in [1.807, 2.05) is 19.1 Å². The zero-order valence-corrected chi connectivity index (χ0v) is 13.9. The second kappa shape index (κ2) is 6.07. The number of aryl methyl sites for hydroxylation is 1. The Morgan fingerprint density at radius 2 is 1.96 bits per heavy atom. The first kappa shape index (κ1) is 16.2. The lowest BCUT2D eigenvalue weighted by molar-refractivity contribution is 0.0920. The molecular formula is C17H20N4O3. The van der Waals surface area contributed by atoms with Crippen molar-refractivity contribution in [2.45, 2.75) is 25.8 Å². The van der Waals surface area contributed by atoms with E-state index in [-0.39, 0.29) is 11.7 Å². The summed E-state index contributed by atoms with van der Waals surface area (Å²) >= 11 is 0. The van der Waals surface area contributed by atoms with Gasteiger partial charge in [-0.2, -0.15) is 0 Å². The third-order valence-corrected chi connectivity index (χ3v) is 4.39. The number of carbonyl (C=O) groups excluding carboxylic acids is 1. The Morgan fingerprint density at radius 1 is 1.25 bits per heavy atom. The van der Waals surface area contributed by atoms with Gasteiger partial charge in [-0.1, -0.05) is 0 Å². The predicted octanol–water partition coefficient (Wildman–Crippen LogP) is 0.669. The molecule has 0 saturated heterocycles. The van der Waals surface area contributed by atoms with Crippen molar-refractivity contribution in [3.05, 3.63) is 62.2 Å². The Hall–Kier alpha value is -2.70. The first-order valence-corrected chi connectivity index (χ1v) is 7.89. The van der Waals surface area contributed by atoms with Crippen LogP contribution in [0.4, 0.5) is 0 Å². The predicted molar refractivity (Wildman–Crippen MR) is 88.8 cm³/mol. The molecular weight excluding hydrogens is 308 g/mol. The zero-order valence-electron chi connectivity index (χ0n) is 13.9. The van der Waals surface area contributed by atoms with Gasteiger partial charge < -0.3 is 5.32 Å². The summed E-state index contributed by atoms with van der Waals surface area (Å²) in [5, 5.41) is 2.94. The summed E-state index contributed by atoms with van der Waals surface area (Å²) in [7, 11) is 2.86. The van der Waals surface area contributed by atoms with Crippen molar-refractivity contribution < 1.29 is 4.79 Å². The number of hydrogen-bond acceptors (Lipinski definition) is 4. The van der Waals surface area contributed by atoms with E-state index in [9.17, 15) is 14.4 Å². The summed E-state index contributed by atoms with van der Waals surface area (Å²) in [6.45, 7) is 1.97. The van der Waals surface area contributed by atoms with Crippen LogP contribution in [-0.4, -0.2) is 20.0 Å². The number of amides is 1. The van der Waals surface area contributed by atoms with Gasteiger partial charge in [0.05, 0.1) is 11.7 Å². The number of aromatic nitrogens is 3. The first-order valence-electron chi connectivity index (χ1n) is 7.89. The van der Waals surface area contributed by atoms with E-state index >= 15 is 0 Å². The molecule has 1 fully saturated rings. The molecule has 1 saturated carbocycles. The lowest BCUT2D eigenvalue weighted by Gasteiger charge is -2.19. The molecule has 0 bridgehead atoms. The van der Waals surface area contributed by atoms with E-state index in [0.717, 1.165) is 28.7 Å². The maximum absolute atomic E-state index is 12.6. The molecule has 7 heteroatoms. The van der Waals surface area contributed by atoms with Gasteiger partial charge in [0.1, 0.15) is 5.69 Å². The van der Waals surface area contributed by atoms with Gasteiger partial charge >= 0.3 is 5.69 Å². The standard InChI is InChI=1S/C17H20N4O3/c1-10-6-7-18-12(8-10)15(11-4-5-11)19-16(23)13-9-14(22)21(3)17(24)20(13)2/h6-9,11,15H,4-5H2,1-3H3,(H,19,23). The van der Waals surface area contributed by atoms with Crippen molar-refractivity contribution >= 4 is 5.91 Å². The number of pyridine rings is 1. The summed E-state index contributed by atoms with van der Waals surface area (Å²) in [5.41, 5.74) is 0.908. The molecule has 3 rings (SSSR count). The average molecular weight is 328 g/mol. The van der Waals surface area contributed by atoms with Crippen molar-refractivity contribution in [1.82, 2.24) is 19.4 Å². The Morgan fingerprint density at radius 3 is 2.58 bits per heavy atom. The molecule has 0 spiro atoms. The molecule has 2 heterocycles. The van der Waals surface area contributed by atoms with Gasteiger partial charge in [0.2, 0.25) is 0 Å². The van der Waals surface area contributed by atoms with Gasteiger partial charge in [-0.15, -0.1) is 0 Å². The zero-order chi connectivity index (χ0) is 17.4. The van der Waals surface area contributed by atoms with Gasteiger partial charge in [0.25, 0.3) is 11.5 Å². The fourth-order valence-electron chi connectivity index (χ4n) is 2.76. The van der Waals surface area contributed by atoms with Crippen molar-refractivity contribution in [3.63, 3.8) is 0 Å². The maximum atomic E-state index is 12.6. The largest absolute Gasteiger partial charge is 0.342 e. The van der Waals surface area contributed by atoms with E-state index in [1.54, 1.807) is 6.20 Å². The van der Waals surface area contributed by atoms with Crippen LogP contribution < -0.4 is 16.6 Å². The highest BCUT2D eigenvalue weighted by molar-refractivity contribution is 5.92. The molecule has 2 aromatic rings. The van der Waals surface area contributed by atoms with Crippen LogP contribution in [0, 0.1) is 12.8 Å². The third-order valence-electron chi connectivity index (χ3n) is 4.39. The van der Waals surface area contributed by atoms with Crippen molar-refractivity contribution in [2.75, 3.05) is 0 Å². The molecule has 1 N–H and O–H groups in total. The Kier molecular flexibility index (Phi) is 4.09. The fraction of sp³-hybridized carbons (Fsp3) is 0.412. The highest BCUT2D eigenvalue weighted by Gasteiger charge is 2.35. The number of hydrogen-bond donors (Lipinski definition) is 1. The summed E-state index contributed by atoms with van der Waals surface area (Å²) in [4.78, 5) is 40.8. The van der Waals surface area contributed by atoms with Crippen LogP contribution in [0.3, 0.4) is 0 Å². The first-order chi connectivity index (χ1) is 11.4. The van der Waals surface area contributed by atoms with Crippen LogP contribution >= 0.6 is 0 Å². The Bertz CT molecular complexity index is 909. The summed E-state index contributed by atoms with van der Waals surface area (Å²) in [6.07, 6.45) is 3.77. The third kappa shape index (κ3) is 3.02. The smallest absolute Gasteiger partial charge is 0.331 e. The second-order valence-electron chi connectivity index (χ2n) is 6.32. The second-order valence-corrected chi connectivity index (χ2v) is 6.32. The van der Waals surface area contributed by atoms with Crippen LogP contribution in [0.15, 0.2) is 34.0 Å². The van der Waals surface area contributed by atoms with Crippen molar-refractivity contribution in [2.24, 2.45) is 20.0 Å². The summed E-state index contributed by atoms with van der Waals surface area (Å²) < 4.78 is 2.15. The van der Waals surface area contributed by atoms with Gasteiger partial charge in [0.15, 0.2) is 0 Å². The van der Waals surface area contributed by atoms with Gasteiger partial charge in [-0.3, -0.25) is 23.7 Å². The monoisotopic (exact) mass is 328 g/mol. The average Bonchev–Trinajstić information content (AvgIpc) is 3.38. The van der Waals surface area contributed by atoms with Crippen molar-refractivity contribution in [1.29, 1.82) is 0 Å². The Labute approximate surface area is 139 Å². The minimum Gasteiger partial charge on any atom is -0.342 e. The van der Waals surface area contributed by atoms with E-state index in [1.165, 1.54) is 24.7 Å². The molecule has 2 aromatic heterocycles. The van der Waals surface area contributed by atoms with Gasteiger partial charge in [-0.25, -0.2) is 4.79 Å². The highest BCUT2D eigenvalue weighted by atomic mass is 16.2. The van der Waals surface area contributed by atoms with Crippen LogP contribution in [0.1, 0.15) is 40.6 Å². The molecule has 1 unspecified atom stereocenters. The van der Waals surface area contributed by atoms with Gasteiger partial charge in [0, 0.05) is 26.4 Å². The molecule has 0 aliphatic heterocycles. The molecule has 0 radical (unpaired) electrons. The molecule has 126 valence electrons. The molecule has 1 amide bonds. The quantitative estimate of drug-likeness (QED) is 0.894. The lowest BCUT2D eigenvalue weighted by Crippen LogP contribution is -2.42. The molecule has 1 aliphatic rings. The van der Waals surface area contributed by atoms with E-state index in [4.69, 9.17) is 0 Å². The minimum absolute atomic E-state index is 0.0569. The van der Waals surface area contributed by atoms with Crippen LogP contribution in [0.25, 0.3) is 0 Å². The molecule has 24 heavy (non-hydrogen) atoms. The van der Waals surface area contributed by atoms with E-state index in [0.29, 0.717) is 5.92 Å².